The Morgan fingerprint density at radius 2 is 2.00 bits per heavy atom. The standard InChI is InChI=1S/C20H29ClN4O2S/c1-15-8-7-11-24(12-15)28(26,27)23(4)14-19-16(2)22-25(17(19)3)13-18-9-5-6-10-20(18)21/h5-6,9-10,15H,7-8,11-14H2,1-4H3/t15-/m1/s1. The summed E-state index contributed by atoms with van der Waals surface area (Å²) in [5, 5.41) is 5.33. The molecule has 2 heterocycles. The van der Waals surface area contributed by atoms with Crippen molar-refractivity contribution in [1.29, 1.82) is 0 Å². The van der Waals surface area contributed by atoms with E-state index in [0.717, 1.165) is 35.4 Å². The molecule has 3 rings (SSSR count). The van der Waals surface area contributed by atoms with E-state index in [-0.39, 0.29) is 0 Å². The van der Waals surface area contributed by atoms with Crippen LogP contribution >= 0.6 is 11.6 Å². The monoisotopic (exact) mass is 424 g/mol. The van der Waals surface area contributed by atoms with E-state index in [1.165, 1.54) is 4.31 Å². The van der Waals surface area contributed by atoms with Crippen molar-refractivity contribution >= 4 is 21.8 Å². The van der Waals surface area contributed by atoms with Crippen LogP contribution in [0.5, 0.6) is 0 Å². The molecular formula is C20H29ClN4O2S. The largest absolute Gasteiger partial charge is 0.282 e. The molecule has 1 aromatic heterocycles. The third kappa shape index (κ3) is 4.43. The van der Waals surface area contributed by atoms with Crippen LogP contribution in [0, 0.1) is 19.8 Å². The molecule has 0 radical (unpaired) electrons. The topological polar surface area (TPSA) is 58.4 Å². The summed E-state index contributed by atoms with van der Waals surface area (Å²) >= 11 is 6.28. The fourth-order valence-electron chi connectivity index (χ4n) is 3.76. The van der Waals surface area contributed by atoms with E-state index >= 15 is 0 Å². The maximum Gasteiger partial charge on any atom is 0.282 e. The predicted molar refractivity (Wildman–Crippen MR) is 113 cm³/mol. The molecule has 6 nitrogen and oxygen atoms in total. The number of hydrogen-bond donors (Lipinski definition) is 0. The summed E-state index contributed by atoms with van der Waals surface area (Å²) in [4.78, 5) is 0. The van der Waals surface area contributed by atoms with Crippen molar-refractivity contribution in [3.63, 3.8) is 0 Å². The van der Waals surface area contributed by atoms with Crippen molar-refractivity contribution in [2.75, 3.05) is 20.1 Å². The summed E-state index contributed by atoms with van der Waals surface area (Å²) in [6.07, 6.45) is 2.00. The molecule has 1 aliphatic rings. The fourth-order valence-corrected chi connectivity index (χ4v) is 5.45. The Bertz CT molecular complexity index is 942. The van der Waals surface area contributed by atoms with Gasteiger partial charge in [0.05, 0.1) is 12.2 Å². The predicted octanol–water partition coefficient (Wildman–Crippen LogP) is 3.61. The summed E-state index contributed by atoms with van der Waals surface area (Å²) in [5.41, 5.74) is 3.75. The van der Waals surface area contributed by atoms with Crippen LogP contribution in [0.25, 0.3) is 0 Å². The van der Waals surface area contributed by atoms with Crippen LogP contribution in [0.3, 0.4) is 0 Å². The van der Waals surface area contributed by atoms with Gasteiger partial charge in [-0.2, -0.15) is 22.1 Å². The lowest BCUT2D eigenvalue weighted by Gasteiger charge is -2.33. The maximum atomic E-state index is 13.0. The average Bonchev–Trinajstić information content (AvgIpc) is 2.91. The molecule has 0 amide bonds. The minimum absolute atomic E-state index is 0.313. The van der Waals surface area contributed by atoms with Gasteiger partial charge in [-0.25, -0.2) is 0 Å². The number of aryl methyl sites for hydroxylation is 1. The number of nitrogens with zero attached hydrogens (tertiary/aromatic N) is 4. The number of benzene rings is 1. The zero-order valence-electron chi connectivity index (χ0n) is 17.0. The van der Waals surface area contributed by atoms with Crippen LogP contribution in [-0.2, 0) is 23.3 Å². The lowest BCUT2D eigenvalue weighted by molar-refractivity contribution is 0.263. The normalized spacial score (nSPS) is 18.7. The van der Waals surface area contributed by atoms with Gasteiger partial charge in [0.25, 0.3) is 10.2 Å². The molecule has 154 valence electrons. The van der Waals surface area contributed by atoms with Crippen molar-refractivity contribution in [3.8, 4) is 0 Å². The first-order valence-corrected chi connectivity index (χ1v) is 11.5. The van der Waals surface area contributed by atoms with Gasteiger partial charge < -0.3 is 0 Å². The lowest BCUT2D eigenvalue weighted by Crippen LogP contribution is -2.46. The van der Waals surface area contributed by atoms with Crippen molar-refractivity contribution in [1.82, 2.24) is 18.4 Å². The summed E-state index contributed by atoms with van der Waals surface area (Å²) < 4.78 is 31.0. The van der Waals surface area contributed by atoms with Gasteiger partial charge in [-0.05, 0) is 44.2 Å². The Morgan fingerprint density at radius 1 is 1.29 bits per heavy atom. The van der Waals surface area contributed by atoms with E-state index < -0.39 is 10.2 Å². The number of halogens is 1. The highest BCUT2D eigenvalue weighted by atomic mass is 35.5. The van der Waals surface area contributed by atoms with E-state index in [2.05, 4.69) is 12.0 Å². The fraction of sp³-hybridized carbons (Fsp3) is 0.550. The van der Waals surface area contributed by atoms with Gasteiger partial charge in [-0.15, -0.1) is 0 Å². The molecule has 2 aromatic rings. The van der Waals surface area contributed by atoms with Gasteiger partial charge in [0.2, 0.25) is 0 Å². The Morgan fingerprint density at radius 3 is 2.68 bits per heavy atom. The second-order valence-electron chi connectivity index (χ2n) is 7.77. The SMILES string of the molecule is Cc1nn(Cc2ccccc2Cl)c(C)c1CN(C)S(=O)(=O)N1CCC[C@@H](C)C1. The van der Waals surface area contributed by atoms with E-state index in [1.54, 1.807) is 11.4 Å². The molecule has 1 fully saturated rings. The van der Waals surface area contributed by atoms with Crippen molar-refractivity contribution < 1.29 is 8.42 Å². The number of hydrogen-bond acceptors (Lipinski definition) is 3. The molecule has 28 heavy (non-hydrogen) atoms. The molecule has 0 aliphatic carbocycles. The number of piperidine rings is 1. The lowest BCUT2D eigenvalue weighted by atomic mass is 10.0. The van der Waals surface area contributed by atoms with Crippen LogP contribution in [0.4, 0.5) is 0 Å². The highest BCUT2D eigenvalue weighted by Crippen LogP contribution is 2.24. The van der Waals surface area contributed by atoms with E-state index in [0.29, 0.717) is 37.1 Å². The summed E-state index contributed by atoms with van der Waals surface area (Å²) in [6.45, 7) is 8.08. The quantitative estimate of drug-likeness (QED) is 0.711. The van der Waals surface area contributed by atoms with Gasteiger partial charge in [0.15, 0.2) is 0 Å². The van der Waals surface area contributed by atoms with Gasteiger partial charge in [0.1, 0.15) is 0 Å². The van der Waals surface area contributed by atoms with Crippen LogP contribution < -0.4 is 0 Å². The van der Waals surface area contributed by atoms with Crippen molar-refractivity contribution in [3.05, 3.63) is 51.8 Å². The molecule has 1 saturated heterocycles. The van der Waals surface area contributed by atoms with Crippen LogP contribution in [0.1, 0.15) is 42.3 Å². The summed E-state index contributed by atoms with van der Waals surface area (Å²) in [5.74, 6) is 0.402. The van der Waals surface area contributed by atoms with Gasteiger partial charge in [-0.1, -0.05) is 36.7 Å². The first-order chi connectivity index (χ1) is 13.2. The molecule has 1 aliphatic heterocycles. The van der Waals surface area contributed by atoms with Crippen LogP contribution in [0.15, 0.2) is 24.3 Å². The molecular weight excluding hydrogens is 396 g/mol. The second-order valence-corrected chi connectivity index (χ2v) is 10.2. The minimum Gasteiger partial charge on any atom is -0.265 e. The van der Waals surface area contributed by atoms with Crippen LogP contribution in [-0.4, -0.2) is 46.9 Å². The number of aromatic nitrogens is 2. The Hall–Kier alpha value is -1.41. The van der Waals surface area contributed by atoms with Gasteiger partial charge in [0, 0.05) is 43.0 Å². The van der Waals surface area contributed by atoms with E-state index in [1.807, 2.05) is 42.8 Å². The molecule has 0 unspecified atom stereocenters. The first-order valence-electron chi connectivity index (χ1n) is 9.68. The smallest absolute Gasteiger partial charge is 0.265 e. The van der Waals surface area contributed by atoms with Crippen molar-refractivity contribution in [2.45, 2.75) is 46.7 Å². The van der Waals surface area contributed by atoms with Crippen molar-refractivity contribution in [2.24, 2.45) is 5.92 Å². The molecule has 0 saturated carbocycles. The van der Waals surface area contributed by atoms with Crippen LogP contribution in [0.2, 0.25) is 5.02 Å². The zero-order chi connectivity index (χ0) is 20.5. The molecule has 0 N–H and O–H groups in total. The molecule has 0 bridgehead atoms. The highest BCUT2D eigenvalue weighted by Gasteiger charge is 2.31. The van der Waals surface area contributed by atoms with E-state index in [4.69, 9.17) is 11.6 Å². The minimum atomic E-state index is -3.47. The molecule has 1 aromatic carbocycles. The van der Waals surface area contributed by atoms with Gasteiger partial charge >= 0.3 is 0 Å². The average molecular weight is 425 g/mol. The Labute approximate surface area is 173 Å². The second kappa shape index (κ2) is 8.53. The third-order valence-corrected chi connectivity index (χ3v) is 7.80. The van der Waals surface area contributed by atoms with Gasteiger partial charge in [-0.3, -0.25) is 4.68 Å². The maximum absolute atomic E-state index is 13.0. The zero-order valence-corrected chi connectivity index (χ0v) is 18.6. The van der Waals surface area contributed by atoms with E-state index in [9.17, 15) is 8.42 Å². The third-order valence-electron chi connectivity index (χ3n) is 5.53. The highest BCUT2D eigenvalue weighted by molar-refractivity contribution is 7.86. The Balaban J connectivity index is 1.79. The first kappa shape index (κ1) is 21.3. The molecule has 1 atom stereocenters. The summed E-state index contributed by atoms with van der Waals surface area (Å²) in [6, 6.07) is 7.70. The Kier molecular flexibility index (Phi) is 6.49. The molecule has 0 spiro atoms. The summed E-state index contributed by atoms with van der Waals surface area (Å²) in [7, 11) is -1.82. The molecule has 8 heteroatoms. The number of rotatable bonds is 6.